The highest BCUT2D eigenvalue weighted by Crippen LogP contribution is 2.38. The molecule has 0 saturated heterocycles. The standard InChI is InChI=1S/C12H11ClN4S/c13-10-4-2-1-3-9(10)7-14-17-11(8-5-6-8)15-16-12(17)18/h1-4,7-8H,5-6H2,(H,16,18)/b14-7-. The fraction of sp³-hybridized carbons (Fsp3) is 0.250. The monoisotopic (exact) mass is 278 g/mol. The van der Waals surface area contributed by atoms with Crippen LogP contribution in [0.4, 0.5) is 0 Å². The Labute approximate surface area is 114 Å². The first-order valence-electron chi connectivity index (χ1n) is 5.72. The van der Waals surface area contributed by atoms with Crippen molar-refractivity contribution in [2.75, 3.05) is 0 Å². The molecule has 6 heteroatoms. The number of benzene rings is 1. The van der Waals surface area contributed by atoms with Gasteiger partial charge in [0.25, 0.3) is 0 Å². The Bertz CT molecular complexity index is 654. The lowest BCUT2D eigenvalue weighted by atomic mass is 10.2. The number of nitrogens with zero attached hydrogens (tertiary/aromatic N) is 3. The quantitative estimate of drug-likeness (QED) is 0.691. The summed E-state index contributed by atoms with van der Waals surface area (Å²) in [4.78, 5) is 0. The Morgan fingerprint density at radius 3 is 2.94 bits per heavy atom. The van der Waals surface area contributed by atoms with Crippen LogP contribution in [0.2, 0.25) is 5.02 Å². The zero-order valence-electron chi connectivity index (χ0n) is 9.51. The predicted molar refractivity (Wildman–Crippen MR) is 73.8 cm³/mol. The van der Waals surface area contributed by atoms with Crippen LogP contribution >= 0.6 is 23.8 Å². The van der Waals surface area contributed by atoms with E-state index >= 15 is 0 Å². The Hall–Kier alpha value is -1.46. The fourth-order valence-electron chi connectivity index (χ4n) is 1.72. The van der Waals surface area contributed by atoms with Gasteiger partial charge in [-0.05, 0) is 31.1 Å². The topological polar surface area (TPSA) is 46.0 Å². The number of rotatable bonds is 3. The number of halogens is 1. The van der Waals surface area contributed by atoms with E-state index in [2.05, 4.69) is 15.3 Å². The number of aromatic amines is 1. The van der Waals surface area contributed by atoms with Crippen molar-refractivity contribution < 1.29 is 0 Å². The number of nitrogens with one attached hydrogen (secondary N) is 1. The van der Waals surface area contributed by atoms with E-state index in [4.69, 9.17) is 23.8 Å². The molecule has 0 radical (unpaired) electrons. The van der Waals surface area contributed by atoms with Gasteiger partial charge in [0.15, 0.2) is 5.82 Å². The van der Waals surface area contributed by atoms with Gasteiger partial charge in [0.05, 0.1) is 6.21 Å². The molecule has 0 amide bonds. The summed E-state index contributed by atoms with van der Waals surface area (Å²) in [6.45, 7) is 0. The van der Waals surface area contributed by atoms with Gasteiger partial charge < -0.3 is 0 Å². The van der Waals surface area contributed by atoms with Crippen LogP contribution in [0.1, 0.15) is 30.1 Å². The normalized spacial score (nSPS) is 15.4. The summed E-state index contributed by atoms with van der Waals surface area (Å²) >= 11 is 11.2. The molecule has 0 atom stereocenters. The molecule has 1 aromatic carbocycles. The molecule has 0 spiro atoms. The van der Waals surface area contributed by atoms with Crippen molar-refractivity contribution in [3.63, 3.8) is 0 Å². The second-order valence-corrected chi connectivity index (χ2v) is 5.03. The molecular formula is C12H11ClN4S. The molecule has 18 heavy (non-hydrogen) atoms. The third-order valence-corrected chi connectivity index (χ3v) is 3.44. The summed E-state index contributed by atoms with van der Waals surface area (Å²) in [5.74, 6) is 1.39. The second-order valence-electron chi connectivity index (χ2n) is 4.24. The molecular weight excluding hydrogens is 268 g/mol. The van der Waals surface area contributed by atoms with Crippen LogP contribution in [0.5, 0.6) is 0 Å². The van der Waals surface area contributed by atoms with E-state index in [0.717, 1.165) is 24.2 Å². The Morgan fingerprint density at radius 2 is 2.22 bits per heavy atom. The largest absolute Gasteiger partial charge is 0.250 e. The number of hydrogen-bond acceptors (Lipinski definition) is 3. The van der Waals surface area contributed by atoms with Gasteiger partial charge in [-0.2, -0.15) is 14.9 Å². The summed E-state index contributed by atoms with van der Waals surface area (Å²) in [5, 5.41) is 12.0. The van der Waals surface area contributed by atoms with E-state index in [1.807, 2.05) is 24.3 Å². The number of hydrogen-bond donors (Lipinski definition) is 1. The highest BCUT2D eigenvalue weighted by Gasteiger charge is 2.29. The van der Waals surface area contributed by atoms with Gasteiger partial charge in [0.1, 0.15) is 0 Å². The van der Waals surface area contributed by atoms with Crippen LogP contribution in [0.3, 0.4) is 0 Å². The van der Waals surface area contributed by atoms with Crippen LogP contribution in [-0.2, 0) is 0 Å². The molecule has 1 heterocycles. The molecule has 2 aromatic rings. The van der Waals surface area contributed by atoms with Crippen molar-refractivity contribution in [2.24, 2.45) is 5.10 Å². The molecule has 3 rings (SSSR count). The molecule has 0 aliphatic heterocycles. The first-order chi connectivity index (χ1) is 8.75. The van der Waals surface area contributed by atoms with Gasteiger partial charge in [0.2, 0.25) is 4.77 Å². The molecule has 1 aliphatic rings. The second kappa shape index (κ2) is 4.66. The molecule has 1 fully saturated rings. The van der Waals surface area contributed by atoms with Crippen LogP contribution < -0.4 is 0 Å². The zero-order chi connectivity index (χ0) is 12.5. The lowest BCUT2D eigenvalue weighted by Crippen LogP contribution is -1.97. The maximum absolute atomic E-state index is 6.07. The smallest absolute Gasteiger partial charge is 0.216 e. The summed E-state index contributed by atoms with van der Waals surface area (Å²) < 4.78 is 2.19. The number of H-pyrrole nitrogens is 1. The maximum Gasteiger partial charge on any atom is 0.216 e. The van der Waals surface area contributed by atoms with Gasteiger partial charge in [0, 0.05) is 16.5 Å². The molecule has 4 nitrogen and oxygen atoms in total. The van der Waals surface area contributed by atoms with Gasteiger partial charge in [-0.1, -0.05) is 29.8 Å². The summed E-state index contributed by atoms with van der Waals surface area (Å²) in [6.07, 6.45) is 4.02. The van der Waals surface area contributed by atoms with Gasteiger partial charge in [-0.15, -0.1) is 0 Å². The first kappa shape index (κ1) is 11.6. The molecule has 1 saturated carbocycles. The van der Waals surface area contributed by atoms with Crippen molar-refractivity contribution in [3.05, 3.63) is 45.4 Å². The average Bonchev–Trinajstić information content (AvgIpc) is 3.14. The van der Waals surface area contributed by atoms with Crippen LogP contribution in [0.15, 0.2) is 29.4 Å². The fourth-order valence-corrected chi connectivity index (χ4v) is 2.09. The molecule has 1 aliphatic carbocycles. The molecule has 92 valence electrons. The SMILES string of the molecule is S=c1[nH]nc(C2CC2)n1/N=C\c1ccccc1Cl. The van der Waals surface area contributed by atoms with E-state index in [-0.39, 0.29) is 0 Å². The Morgan fingerprint density at radius 1 is 1.44 bits per heavy atom. The van der Waals surface area contributed by atoms with Crippen LogP contribution in [0, 0.1) is 4.77 Å². The molecule has 1 aromatic heterocycles. The number of aromatic nitrogens is 3. The van der Waals surface area contributed by atoms with Gasteiger partial charge in [-0.3, -0.25) is 5.10 Å². The Kier molecular flexibility index (Phi) is 3.01. The van der Waals surface area contributed by atoms with Crippen molar-refractivity contribution in [2.45, 2.75) is 18.8 Å². The van der Waals surface area contributed by atoms with Crippen molar-refractivity contribution in [1.82, 2.24) is 14.9 Å². The average molecular weight is 279 g/mol. The minimum absolute atomic E-state index is 0.487. The van der Waals surface area contributed by atoms with Crippen molar-refractivity contribution in [3.8, 4) is 0 Å². The summed E-state index contributed by atoms with van der Waals surface area (Å²) in [6, 6.07) is 7.55. The van der Waals surface area contributed by atoms with Gasteiger partial charge >= 0.3 is 0 Å². The van der Waals surface area contributed by atoms with Crippen molar-refractivity contribution in [1.29, 1.82) is 0 Å². The lowest BCUT2D eigenvalue weighted by molar-refractivity contribution is 0.773. The minimum atomic E-state index is 0.487. The van der Waals surface area contributed by atoms with Gasteiger partial charge in [-0.25, -0.2) is 0 Å². The van der Waals surface area contributed by atoms with Crippen LogP contribution in [0.25, 0.3) is 0 Å². The van der Waals surface area contributed by atoms with Crippen molar-refractivity contribution >= 4 is 30.0 Å². The highest BCUT2D eigenvalue weighted by molar-refractivity contribution is 7.71. The zero-order valence-corrected chi connectivity index (χ0v) is 11.1. The third kappa shape index (κ3) is 2.23. The third-order valence-electron chi connectivity index (χ3n) is 2.84. The summed E-state index contributed by atoms with van der Waals surface area (Å²) in [5.41, 5.74) is 0.865. The van der Waals surface area contributed by atoms with E-state index in [0.29, 0.717) is 15.7 Å². The summed E-state index contributed by atoms with van der Waals surface area (Å²) in [7, 11) is 0. The Balaban J connectivity index is 1.95. The van der Waals surface area contributed by atoms with Crippen LogP contribution in [-0.4, -0.2) is 21.1 Å². The van der Waals surface area contributed by atoms with E-state index in [9.17, 15) is 0 Å². The van der Waals surface area contributed by atoms with E-state index in [1.165, 1.54) is 0 Å². The van der Waals surface area contributed by atoms with E-state index < -0.39 is 0 Å². The molecule has 1 N–H and O–H groups in total. The molecule has 0 bridgehead atoms. The first-order valence-corrected chi connectivity index (χ1v) is 6.50. The van der Waals surface area contributed by atoms with E-state index in [1.54, 1.807) is 10.9 Å². The minimum Gasteiger partial charge on any atom is -0.250 e. The highest BCUT2D eigenvalue weighted by atomic mass is 35.5. The lowest BCUT2D eigenvalue weighted by Gasteiger charge is -1.99. The maximum atomic E-state index is 6.07. The predicted octanol–water partition coefficient (Wildman–Crippen LogP) is 3.35. The molecule has 0 unspecified atom stereocenters.